The maximum atomic E-state index is 12.5. The van der Waals surface area contributed by atoms with E-state index in [2.05, 4.69) is 15.6 Å². The predicted molar refractivity (Wildman–Crippen MR) is 117 cm³/mol. The fourth-order valence-electron chi connectivity index (χ4n) is 3.95. The molecule has 4 rings (SSSR count). The van der Waals surface area contributed by atoms with Gasteiger partial charge in [-0.1, -0.05) is 17.7 Å². The van der Waals surface area contributed by atoms with Gasteiger partial charge in [0.15, 0.2) is 0 Å². The van der Waals surface area contributed by atoms with Gasteiger partial charge in [-0.25, -0.2) is 0 Å². The summed E-state index contributed by atoms with van der Waals surface area (Å²) >= 11 is 6.07. The number of pyridine rings is 1. The SMILES string of the molecule is Cc1ccc(C(=O)NC2CCC(Nc3ccnc4cc(Cl)ccc34)CC2)c(O)c1. The van der Waals surface area contributed by atoms with Crippen LogP contribution in [0, 0.1) is 6.92 Å². The van der Waals surface area contributed by atoms with E-state index in [0.717, 1.165) is 47.8 Å². The van der Waals surface area contributed by atoms with Crippen LogP contribution in [0.1, 0.15) is 41.6 Å². The second-order valence-electron chi connectivity index (χ2n) is 7.71. The Morgan fingerprint density at radius 3 is 2.59 bits per heavy atom. The highest BCUT2D eigenvalue weighted by molar-refractivity contribution is 6.31. The molecule has 1 aliphatic carbocycles. The molecule has 150 valence electrons. The van der Waals surface area contributed by atoms with Crippen molar-refractivity contribution in [1.82, 2.24) is 10.3 Å². The summed E-state index contributed by atoms with van der Waals surface area (Å²) in [5.74, 6) is -0.182. The lowest BCUT2D eigenvalue weighted by Crippen LogP contribution is -2.40. The number of carbonyl (C=O) groups excluding carboxylic acids is 1. The average Bonchev–Trinajstić information content (AvgIpc) is 2.69. The number of phenolic OH excluding ortho intramolecular Hbond substituents is 1. The number of halogens is 1. The zero-order valence-electron chi connectivity index (χ0n) is 16.3. The molecular formula is C23H24ClN3O2. The molecule has 0 bridgehead atoms. The molecule has 5 nitrogen and oxygen atoms in total. The number of aromatic nitrogens is 1. The Morgan fingerprint density at radius 2 is 1.83 bits per heavy atom. The Morgan fingerprint density at radius 1 is 1.07 bits per heavy atom. The minimum atomic E-state index is -0.212. The van der Waals surface area contributed by atoms with Crippen molar-refractivity contribution in [3.8, 4) is 5.75 Å². The molecule has 0 spiro atoms. The molecule has 1 heterocycles. The van der Waals surface area contributed by atoms with Crippen molar-refractivity contribution in [3.05, 3.63) is 64.8 Å². The van der Waals surface area contributed by atoms with Crippen molar-refractivity contribution in [1.29, 1.82) is 0 Å². The predicted octanol–water partition coefficient (Wildman–Crippen LogP) is 5.06. The molecule has 1 amide bonds. The summed E-state index contributed by atoms with van der Waals surface area (Å²) in [4.78, 5) is 16.9. The van der Waals surface area contributed by atoms with Crippen LogP contribution in [0.2, 0.25) is 5.02 Å². The van der Waals surface area contributed by atoms with Crippen LogP contribution in [0.25, 0.3) is 10.9 Å². The van der Waals surface area contributed by atoms with E-state index in [-0.39, 0.29) is 17.7 Å². The minimum Gasteiger partial charge on any atom is -0.507 e. The number of carbonyl (C=O) groups is 1. The fourth-order valence-corrected chi connectivity index (χ4v) is 4.11. The van der Waals surface area contributed by atoms with Crippen LogP contribution in [0.3, 0.4) is 0 Å². The van der Waals surface area contributed by atoms with Gasteiger partial charge < -0.3 is 15.7 Å². The van der Waals surface area contributed by atoms with Gasteiger partial charge in [0, 0.05) is 34.4 Å². The molecule has 1 fully saturated rings. The van der Waals surface area contributed by atoms with Crippen LogP contribution < -0.4 is 10.6 Å². The first-order chi connectivity index (χ1) is 14.0. The Balaban J connectivity index is 1.36. The van der Waals surface area contributed by atoms with Gasteiger partial charge in [0.05, 0.1) is 11.1 Å². The molecule has 2 aromatic carbocycles. The summed E-state index contributed by atoms with van der Waals surface area (Å²) in [6.45, 7) is 1.89. The lowest BCUT2D eigenvalue weighted by atomic mass is 9.90. The molecule has 0 atom stereocenters. The van der Waals surface area contributed by atoms with Crippen molar-refractivity contribution in [2.75, 3.05) is 5.32 Å². The molecule has 0 radical (unpaired) electrons. The normalized spacial score (nSPS) is 19.1. The van der Waals surface area contributed by atoms with Crippen LogP contribution in [0.5, 0.6) is 5.75 Å². The van der Waals surface area contributed by atoms with Crippen molar-refractivity contribution < 1.29 is 9.90 Å². The number of anilines is 1. The number of nitrogens with one attached hydrogen (secondary N) is 2. The van der Waals surface area contributed by atoms with Gasteiger partial charge >= 0.3 is 0 Å². The minimum absolute atomic E-state index is 0.0301. The zero-order valence-corrected chi connectivity index (χ0v) is 17.0. The molecule has 0 saturated heterocycles. The second kappa shape index (κ2) is 8.29. The lowest BCUT2D eigenvalue weighted by molar-refractivity contribution is 0.0924. The molecule has 0 unspecified atom stereocenters. The summed E-state index contributed by atoms with van der Waals surface area (Å²) in [5, 5.41) is 18.4. The van der Waals surface area contributed by atoms with E-state index < -0.39 is 0 Å². The maximum Gasteiger partial charge on any atom is 0.255 e. The third-order valence-corrected chi connectivity index (χ3v) is 5.76. The van der Waals surface area contributed by atoms with E-state index in [1.165, 1.54) is 0 Å². The maximum absolute atomic E-state index is 12.5. The molecular weight excluding hydrogens is 386 g/mol. The summed E-state index contributed by atoms with van der Waals surface area (Å²) in [6.07, 6.45) is 5.50. The van der Waals surface area contributed by atoms with Crippen LogP contribution >= 0.6 is 11.6 Å². The monoisotopic (exact) mass is 409 g/mol. The van der Waals surface area contributed by atoms with Gasteiger partial charge in [-0.2, -0.15) is 0 Å². The van der Waals surface area contributed by atoms with E-state index in [0.29, 0.717) is 16.6 Å². The lowest BCUT2D eigenvalue weighted by Gasteiger charge is -2.30. The molecule has 1 saturated carbocycles. The molecule has 3 N–H and O–H groups in total. The van der Waals surface area contributed by atoms with Crippen molar-refractivity contribution in [3.63, 3.8) is 0 Å². The topological polar surface area (TPSA) is 74.2 Å². The summed E-state index contributed by atoms with van der Waals surface area (Å²) in [6, 6.07) is 13.3. The van der Waals surface area contributed by atoms with Crippen LogP contribution in [0.15, 0.2) is 48.7 Å². The van der Waals surface area contributed by atoms with Gasteiger partial charge in [0.1, 0.15) is 5.75 Å². The number of hydrogen-bond donors (Lipinski definition) is 3. The van der Waals surface area contributed by atoms with Crippen molar-refractivity contribution >= 4 is 34.1 Å². The van der Waals surface area contributed by atoms with Crippen molar-refractivity contribution in [2.24, 2.45) is 0 Å². The Kier molecular flexibility index (Phi) is 5.58. The highest BCUT2D eigenvalue weighted by Gasteiger charge is 2.24. The largest absolute Gasteiger partial charge is 0.507 e. The number of phenols is 1. The Labute approximate surface area is 175 Å². The molecule has 3 aromatic rings. The van der Waals surface area contributed by atoms with Crippen molar-refractivity contribution in [2.45, 2.75) is 44.7 Å². The van der Waals surface area contributed by atoms with E-state index in [9.17, 15) is 9.90 Å². The van der Waals surface area contributed by atoms with Gasteiger partial charge in [-0.3, -0.25) is 9.78 Å². The number of benzene rings is 2. The first kappa shape index (κ1) is 19.5. The summed E-state index contributed by atoms with van der Waals surface area (Å²) < 4.78 is 0. The number of aromatic hydroxyl groups is 1. The van der Waals surface area contributed by atoms with Gasteiger partial charge in [0.2, 0.25) is 0 Å². The molecule has 1 aliphatic rings. The average molecular weight is 410 g/mol. The number of hydrogen-bond acceptors (Lipinski definition) is 4. The third-order valence-electron chi connectivity index (χ3n) is 5.52. The smallest absolute Gasteiger partial charge is 0.255 e. The number of nitrogens with zero attached hydrogens (tertiary/aromatic N) is 1. The van der Waals surface area contributed by atoms with Crippen LogP contribution in [0.4, 0.5) is 5.69 Å². The quantitative estimate of drug-likeness (QED) is 0.563. The zero-order chi connectivity index (χ0) is 20.4. The first-order valence-electron chi connectivity index (χ1n) is 9.91. The highest BCUT2D eigenvalue weighted by Crippen LogP contribution is 2.28. The molecule has 0 aliphatic heterocycles. The Bertz CT molecular complexity index is 1050. The number of fused-ring (bicyclic) bond motifs is 1. The summed E-state index contributed by atoms with van der Waals surface area (Å²) in [5.41, 5.74) is 3.19. The first-order valence-corrected chi connectivity index (χ1v) is 10.3. The van der Waals surface area contributed by atoms with E-state index in [1.54, 1.807) is 18.3 Å². The molecule has 1 aromatic heterocycles. The number of amides is 1. The summed E-state index contributed by atoms with van der Waals surface area (Å²) in [7, 11) is 0. The van der Waals surface area contributed by atoms with Crippen LogP contribution in [-0.2, 0) is 0 Å². The number of rotatable bonds is 4. The standard InChI is InChI=1S/C23H24ClN3O2/c1-14-2-8-19(22(28)12-14)23(29)27-17-6-4-16(5-7-17)26-20-10-11-25-21-13-15(24)3-9-18(20)21/h2-3,8-13,16-17,28H,4-7H2,1H3,(H,25,26)(H,27,29). The Hall–Kier alpha value is -2.79. The highest BCUT2D eigenvalue weighted by atomic mass is 35.5. The van der Waals surface area contributed by atoms with E-state index in [1.807, 2.05) is 37.3 Å². The van der Waals surface area contributed by atoms with Gasteiger partial charge in [-0.05, 0) is 74.6 Å². The van der Waals surface area contributed by atoms with Gasteiger partial charge in [-0.15, -0.1) is 0 Å². The molecule has 6 heteroatoms. The molecule has 29 heavy (non-hydrogen) atoms. The van der Waals surface area contributed by atoms with E-state index >= 15 is 0 Å². The third kappa shape index (κ3) is 4.46. The van der Waals surface area contributed by atoms with Crippen LogP contribution in [-0.4, -0.2) is 28.1 Å². The number of aryl methyl sites for hydroxylation is 1. The second-order valence-corrected chi connectivity index (χ2v) is 8.14. The van der Waals surface area contributed by atoms with Gasteiger partial charge in [0.25, 0.3) is 5.91 Å². The fraction of sp³-hybridized carbons (Fsp3) is 0.304. The van der Waals surface area contributed by atoms with E-state index in [4.69, 9.17) is 11.6 Å².